The van der Waals surface area contributed by atoms with Crippen molar-refractivity contribution >= 4 is 18.0 Å². The SMILES string of the molecule is C=C(C)[C@H]1CCC#C[C@@H](OC(=O)C(F)(F)F)C/C(C)=C\c2cc(C(=O)OC(C)(C)C)c(o2)C1. The normalized spacial score (nSPS) is 21.2. The molecule has 180 valence electrons. The second-order valence-corrected chi connectivity index (χ2v) is 9.18. The number of carbonyl (C=O) groups excluding carboxylic acids is 2. The lowest BCUT2D eigenvalue weighted by molar-refractivity contribution is -0.202. The van der Waals surface area contributed by atoms with E-state index in [-0.39, 0.29) is 12.3 Å². The fraction of sp³-hybridized carbons (Fsp3) is 0.520. The zero-order chi connectivity index (χ0) is 25.0. The maximum absolute atomic E-state index is 12.8. The lowest BCUT2D eigenvalue weighted by atomic mass is 9.91. The van der Waals surface area contributed by atoms with Gasteiger partial charge in [0.05, 0.1) is 0 Å². The number of rotatable bonds is 3. The molecule has 33 heavy (non-hydrogen) atoms. The number of hydrogen-bond acceptors (Lipinski definition) is 5. The molecule has 2 atom stereocenters. The van der Waals surface area contributed by atoms with Crippen LogP contribution in [0.1, 0.15) is 75.8 Å². The lowest BCUT2D eigenvalue weighted by Gasteiger charge is -2.20. The molecule has 0 N–H and O–H groups in total. The Bertz CT molecular complexity index is 996. The number of carbonyl (C=O) groups is 2. The van der Waals surface area contributed by atoms with Gasteiger partial charge in [0.25, 0.3) is 0 Å². The quantitative estimate of drug-likeness (QED) is 0.309. The standard InChI is InChI=1S/C25H29F3O5/c1-15(2)17-9-7-8-10-18(32-23(30)25(26,27)28)11-16(3)12-19-14-20(21(13-17)31-19)22(29)33-24(4,5)6/h12,14,17-18H,1,7,9,11,13H2,2-6H3/b16-12-/t17-,18+/m0/s1. The molecule has 0 aliphatic carbocycles. The van der Waals surface area contributed by atoms with E-state index in [1.165, 1.54) is 0 Å². The van der Waals surface area contributed by atoms with E-state index in [0.717, 1.165) is 5.57 Å². The Kier molecular flexibility index (Phi) is 8.23. The maximum Gasteiger partial charge on any atom is 0.490 e. The third kappa shape index (κ3) is 8.16. The molecule has 0 aromatic carbocycles. The van der Waals surface area contributed by atoms with Gasteiger partial charge < -0.3 is 13.9 Å². The molecule has 0 amide bonds. The van der Waals surface area contributed by atoms with Crippen molar-refractivity contribution in [2.24, 2.45) is 5.92 Å². The highest BCUT2D eigenvalue weighted by molar-refractivity contribution is 5.91. The molecule has 0 saturated carbocycles. The second kappa shape index (κ2) is 10.3. The predicted octanol–water partition coefficient (Wildman–Crippen LogP) is 6.03. The number of hydrogen-bond donors (Lipinski definition) is 0. The lowest BCUT2D eigenvalue weighted by Crippen LogP contribution is -2.29. The Balaban J connectivity index is 2.45. The van der Waals surface area contributed by atoms with Crippen molar-refractivity contribution in [2.75, 3.05) is 0 Å². The third-order valence-corrected chi connectivity index (χ3v) is 4.83. The fourth-order valence-electron chi connectivity index (χ4n) is 3.27. The van der Waals surface area contributed by atoms with Crippen LogP contribution < -0.4 is 0 Å². The van der Waals surface area contributed by atoms with Crippen molar-refractivity contribution in [3.63, 3.8) is 0 Å². The van der Waals surface area contributed by atoms with Crippen LogP contribution in [0.4, 0.5) is 13.2 Å². The zero-order valence-electron chi connectivity index (χ0n) is 19.5. The summed E-state index contributed by atoms with van der Waals surface area (Å²) >= 11 is 0. The van der Waals surface area contributed by atoms with Crippen LogP contribution in [0.5, 0.6) is 0 Å². The second-order valence-electron chi connectivity index (χ2n) is 9.18. The van der Waals surface area contributed by atoms with Gasteiger partial charge in [-0.25, -0.2) is 9.59 Å². The molecule has 0 unspecified atom stereocenters. The molecule has 0 spiro atoms. The monoisotopic (exact) mass is 466 g/mol. The Labute approximate surface area is 192 Å². The summed E-state index contributed by atoms with van der Waals surface area (Å²) in [6.07, 6.45) is -3.56. The summed E-state index contributed by atoms with van der Waals surface area (Å²) in [5.74, 6) is 3.36. The average molecular weight is 466 g/mol. The first kappa shape index (κ1) is 26.3. The summed E-state index contributed by atoms with van der Waals surface area (Å²) in [7, 11) is 0. The molecule has 2 bridgehead atoms. The van der Waals surface area contributed by atoms with Crippen molar-refractivity contribution in [2.45, 2.75) is 78.2 Å². The average Bonchev–Trinajstić information content (AvgIpc) is 3.03. The van der Waals surface area contributed by atoms with Gasteiger partial charge in [-0.1, -0.05) is 29.6 Å². The first-order chi connectivity index (χ1) is 15.2. The molecular formula is C25H29F3O5. The number of ether oxygens (including phenoxy) is 2. The zero-order valence-corrected chi connectivity index (χ0v) is 19.5. The van der Waals surface area contributed by atoms with Gasteiger partial charge in [-0.3, -0.25) is 0 Å². The maximum atomic E-state index is 12.8. The molecule has 0 fully saturated rings. The topological polar surface area (TPSA) is 65.7 Å². The molecule has 8 heteroatoms. The summed E-state index contributed by atoms with van der Waals surface area (Å²) in [6.45, 7) is 12.8. The smallest absolute Gasteiger partial charge is 0.461 e. The summed E-state index contributed by atoms with van der Waals surface area (Å²) < 4.78 is 54.1. The Hall–Kier alpha value is -2.95. The number of allylic oxidation sites excluding steroid dienone is 1. The van der Waals surface area contributed by atoms with Crippen LogP contribution >= 0.6 is 0 Å². The molecular weight excluding hydrogens is 437 g/mol. The Morgan fingerprint density at radius 2 is 1.88 bits per heavy atom. The van der Waals surface area contributed by atoms with E-state index in [9.17, 15) is 22.8 Å². The molecule has 1 aliphatic rings. The molecule has 2 heterocycles. The number of esters is 2. The predicted molar refractivity (Wildman–Crippen MR) is 117 cm³/mol. The van der Waals surface area contributed by atoms with Gasteiger partial charge in [0.1, 0.15) is 22.7 Å². The van der Waals surface area contributed by atoms with Crippen molar-refractivity contribution in [1.82, 2.24) is 0 Å². The summed E-state index contributed by atoms with van der Waals surface area (Å²) in [6, 6.07) is 1.55. The van der Waals surface area contributed by atoms with Crippen LogP contribution in [-0.4, -0.2) is 29.8 Å². The van der Waals surface area contributed by atoms with Gasteiger partial charge in [0.2, 0.25) is 0 Å². The van der Waals surface area contributed by atoms with Crippen LogP contribution in [0, 0.1) is 17.8 Å². The number of halogens is 3. The van der Waals surface area contributed by atoms with Crippen LogP contribution in [0.2, 0.25) is 0 Å². The highest BCUT2D eigenvalue weighted by Crippen LogP contribution is 2.29. The van der Waals surface area contributed by atoms with E-state index < -0.39 is 29.8 Å². The molecule has 5 nitrogen and oxygen atoms in total. The minimum atomic E-state index is -5.11. The van der Waals surface area contributed by atoms with E-state index in [0.29, 0.717) is 41.9 Å². The van der Waals surface area contributed by atoms with E-state index >= 15 is 0 Å². The molecule has 1 aromatic rings. The number of fused-ring (bicyclic) bond motifs is 2. The highest BCUT2D eigenvalue weighted by atomic mass is 19.4. The third-order valence-electron chi connectivity index (χ3n) is 4.83. The van der Waals surface area contributed by atoms with Gasteiger partial charge in [0, 0.05) is 19.3 Å². The van der Waals surface area contributed by atoms with Crippen molar-refractivity contribution in [3.05, 3.63) is 40.9 Å². The highest BCUT2D eigenvalue weighted by Gasteiger charge is 2.42. The largest absolute Gasteiger partial charge is 0.490 e. The van der Waals surface area contributed by atoms with Crippen molar-refractivity contribution in [1.29, 1.82) is 0 Å². The van der Waals surface area contributed by atoms with E-state index in [1.54, 1.807) is 39.8 Å². The molecule has 2 rings (SSSR count). The first-order valence-corrected chi connectivity index (χ1v) is 10.6. The van der Waals surface area contributed by atoms with Gasteiger partial charge in [-0.05, 0) is 59.1 Å². The van der Waals surface area contributed by atoms with Crippen LogP contribution in [0.3, 0.4) is 0 Å². The Morgan fingerprint density at radius 1 is 1.21 bits per heavy atom. The molecule has 0 radical (unpaired) electrons. The van der Waals surface area contributed by atoms with Crippen molar-refractivity contribution in [3.8, 4) is 11.8 Å². The van der Waals surface area contributed by atoms with E-state index in [4.69, 9.17) is 9.15 Å². The summed E-state index contributed by atoms with van der Waals surface area (Å²) in [5, 5.41) is 0. The van der Waals surface area contributed by atoms with Crippen LogP contribution in [0.15, 0.2) is 28.2 Å². The van der Waals surface area contributed by atoms with Crippen LogP contribution in [-0.2, 0) is 20.7 Å². The molecule has 0 saturated heterocycles. The minimum absolute atomic E-state index is 0.0451. The fourth-order valence-corrected chi connectivity index (χ4v) is 3.27. The number of furan rings is 1. The minimum Gasteiger partial charge on any atom is -0.461 e. The van der Waals surface area contributed by atoms with Gasteiger partial charge in [-0.2, -0.15) is 13.2 Å². The van der Waals surface area contributed by atoms with E-state index in [1.807, 2.05) is 6.92 Å². The molecule has 1 aliphatic heterocycles. The summed E-state index contributed by atoms with van der Waals surface area (Å²) in [5.41, 5.74) is 1.01. The molecule has 1 aromatic heterocycles. The van der Waals surface area contributed by atoms with Gasteiger partial charge in [0.15, 0.2) is 6.10 Å². The summed E-state index contributed by atoms with van der Waals surface area (Å²) in [4.78, 5) is 24.1. The Morgan fingerprint density at radius 3 is 2.45 bits per heavy atom. The van der Waals surface area contributed by atoms with Gasteiger partial charge >= 0.3 is 18.1 Å². The van der Waals surface area contributed by atoms with Gasteiger partial charge in [-0.15, -0.1) is 0 Å². The van der Waals surface area contributed by atoms with Crippen molar-refractivity contribution < 1.29 is 36.7 Å². The van der Waals surface area contributed by atoms with E-state index in [2.05, 4.69) is 23.2 Å². The first-order valence-electron chi connectivity index (χ1n) is 10.6. The number of alkyl halides is 3. The van der Waals surface area contributed by atoms with Crippen LogP contribution in [0.25, 0.3) is 6.08 Å².